The summed E-state index contributed by atoms with van der Waals surface area (Å²) < 4.78 is 0. The zero-order valence-corrected chi connectivity index (χ0v) is 14.8. The van der Waals surface area contributed by atoms with Gasteiger partial charge >= 0.3 is 6.03 Å². The van der Waals surface area contributed by atoms with Crippen molar-refractivity contribution >= 4 is 17.7 Å². The van der Waals surface area contributed by atoms with Crippen molar-refractivity contribution in [3.05, 3.63) is 0 Å². The molecule has 4 saturated carbocycles. The number of imide groups is 1. The molecule has 5 fully saturated rings. The van der Waals surface area contributed by atoms with Crippen LogP contribution < -0.4 is 5.32 Å². The lowest BCUT2D eigenvalue weighted by atomic mass is 9.48. The molecule has 3 amide bonds. The minimum absolute atomic E-state index is 0.0292. The van der Waals surface area contributed by atoms with Crippen molar-refractivity contribution in [3.8, 4) is 0 Å². The predicted octanol–water partition coefficient (Wildman–Crippen LogP) is 2.88. The second kappa shape index (κ2) is 5.30. The van der Waals surface area contributed by atoms with Crippen LogP contribution >= 0.6 is 0 Å². The van der Waals surface area contributed by atoms with Crippen LogP contribution in [0.5, 0.6) is 0 Å². The highest BCUT2D eigenvalue weighted by Gasteiger charge is 2.56. The molecule has 0 aromatic carbocycles. The molecule has 132 valence electrons. The molecule has 1 N–H and O–H groups in total. The molecule has 0 aromatic rings. The third-order valence-corrected chi connectivity index (χ3v) is 7.38. The highest BCUT2D eigenvalue weighted by Crippen LogP contribution is 2.60. The van der Waals surface area contributed by atoms with Crippen LogP contribution in [0.2, 0.25) is 0 Å². The van der Waals surface area contributed by atoms with Gasteiger partial charge in [-0.05, 0) is 69.1 Å². The third-order valence-electron chi connectivity index (χ3n) is 7.38. The Kier molecular flexibility index (Phi) is 3.56. The molecule has 1 heterocycles. The summed E-state index contributed by atoms with van der Waals surface area (Å²) in [5.41, 5.74) is -1.06. The molecule has 5 aliphatic rings. The molecule has 0 aromatic heterocycles. The molecule has 5 heteroatoms. The summed E-state index contributed by atoms with van der Waals surface area (Å²) in [6, 6.07) is -0.387. The smallest absolute Gasteiger partial charge is 0.323 e. The van der Waals surface area contributed by atoms with Crippen LogP contribution in [0.4, 0.5) is 4.79 Å². The van der Waals surface area contributed by atoms with E-state index in [-0.39, 0.29) is 29.7 Å². The lowest BCUT2D eigenvalue weighted by Crippen LogP contribution is -2.53. The summed E-state index contributed by atoms with van der Waals surface area (Å²) >= 11 is 0. The average molecular weight is 332 g/mol. The molecule has 1 saturated heterocycles. The Morgan fingerprint density at radius 1 is 1.04 bits per heavy atom. The van der Waals surface area contributed by atoms with Gasteiger partial charge in [-0.25, -0.2) is 4.79 Å². The lowest BCUT2D eigenvalue weighted by molar-refractivity contribution is -0.147. The quantitative estimate of drug-likeness (QED) is 0.787. The Morgan fingerprint density at radius 2 is 1.54 bits per heavy atom. The van der Waals surface area contributed by atoms with E-state index in [1.807, 2.05) is 13.8 Å². The second-order valence-electron chi connectivity index (χ2n) is 8.73. The van der Waals surface area contributed by atoms with Crippen LogP contribution in [0.1, 0.15) is 65.2 Å². The summed E-state index contributed by atoms with van der Waals surface area (Å²) in [6.07, 6.45) is 7.92. The zero-order valence-electron chi connectivity index (χ0n) is 14.8. The highest BCUT2D eigenvalue weighted by molar-refractivity contribution is 6.09. The Morgan fingerprint density at radius 3 is 1.96 bits per heavy atom. The van der Waals surface area contributed by atoms with Gasteiger partial charge in [-0.1, -0.05) is 13.8 Å². The van der Waals surface area contributed by atoms with Crippen molar-refractivity contribution in [2.75, 3.05) is 6.54 Å². The summed E-state index contributed by atoms with van der Waals surface area (Å²) in [5.74, 6) is 1.99. The van der Waals surface area contributed by atoms with Crippen LogP contribution in [-0.4, -0.2) is 34.7 Å². The largest absolute Gasteiger partial charge is 0.325 e. The van der Waals surface area contributed by atoms with Crippen LogP contribution in [0.15, 0.2) is 0 Å². The van der Waals surface area contributed by atoms with Gasteiger partial charge in [0, 0.05) is 5.41 Å². The number of nitrogens with one attached hydrogen (secondary N) is 1. The average Bonchev–Trinajstić information content (AvgIpc) is 2.78. The van der Waals surface area contributed by atoms with Gasteiger partial charge in [-0.3, -0.25) is 14.5 Å². The Labute approximate surface area is 143 Å². The highest BCUT2D eigenvalue weighted by atomic mass is 16.2. The normalized spacial score (nSPS) is 39.4. The molecule has 0 unspecified atom stereocenters. The molecule has 0 atom stereocenters. The Bertz CT molecular complexity index is 558. The number of hydrogen-bond acceptors (Lipinski definition) is 3. The molecule has 24 heavy (non-hydrogen) atoms. The lowest BCUT2D eigenvalue weighted by Gasteiger charge is -2.56. The molecule has 0 spiro atoms. The first-order valence-corrected chi connectivity index (χ1v) is 9.59. The molecule has 4 aliphatic carbocycles. The predicted molar refractivity (Wildman–Crippen MR) is 89.2 cm³/mol. The number of ketones is 1. The van der Waals surface area contributed by atoms with Gasteiger partial charge in [0.1, 0.15) is 5.54 Å². The summed E-state index contributed by atoms with van der Waals surface area (Å²) in [6.45, 7) is 3.79. The van der Waals surface area contributed by atoms with E-state index in [1.165, 1.54) is 24.2 Å². The molecular formula is C19H28N2O3. The van der Waals surface area contributed by atoms with E-state index in [9.17, 15) is 14.4 Å². The number of hydrogen-bond donors (Lipinski definition) is 1. The fourth-order valence-corrected chi connectivity index (χ4v) is 6.31. The van der Waals surface area contributed by atoms with Crippen molar-refractivity contribution in [2.24, 2.45) is 23.2 Å². The maximum Gasteiger partial charge on any atom is 0.325 e. The summed E-state index contributed by atoms with van der Waals surface area (Å²) in [4.78, 5) is 39.4. The maximum absolute atomic E-state index is 13.2. The summed E-state index contributed by atoms with van der Waals surface area (Å²) in [7, 11) is 0. The summed E-state index contributed by atoms with van der Waals surface area (Å²) in [5, 5.41) is 2.83. The first kappa shape index (κ1) is 16.1. The minimum atomic E-state index is -0.807. The van der Waals surface area contributed by atoms with Crippen LogP contribution in [0, 0.1) is 23.2 Å². The Balaban J connectivity index is 1.52. The first-order chi connectivity index (χ1) is 11.4. The van der Waals surface area contributed by atoms with Gasteiger partial charge in [0.15, 0.2) is 5.78 Å². The van der Waals surface area contributed by atoms with Crippen LogP contribution in [0.25, 0.3) is 0 Å². The van der Waals surface area contributed by atoms with E-state index in [1.54, 1.807) is 0 Å². The van der Waals surface area contributed by atoms with Gasteiger partial charge in [0.2, 0.25) is 0 Å². The third kappa shape index (κ3) is 2.16. The van der Waals surface area contributed by atoms with Gasteiger partial charge in [-0.15, -0.1) is 0 Å². The van der Waals surface area contributed by atoms with Crippen molar-refractivity contribution in [2.45, 2.75) is 70.8 Å². The van der Waals surface area contributed by atoms with E-state index in [0.717, 1.165) is 19.3 Å². The van der Waals surface area contributed by atoms with E-state index in [4.69, 9.17) is 0 Å². The SMILES string of the molecule is CCC1(CC)NC(=O)N(CC(=O)C23CC4CC(CC(C4)C2)C3)C1=O. The van der Waals surface area contributed by atoms with E-state index >= 15 is 0 Å². The monoisotopic (exact) mass is 332 g/mol. The fraction of sp³-hybridized carbons (Fsp3) is 0.842. The van der Waals surface area contributed by atoms with Gasteiger partial charge in [0.25, 0.3) is 5.91 Å². The first-order valence-electron chi connectivity index (χ1n) is 9.59. The molecule has 0 radical (unpaired) electrons. The number of nitrogens with zero attached hydrogens (tertiary/aromatic N) is 1. The minimum Gasteiger partial charge on any atom is -0.323 e. The number of carbonyl (C=O) groups is 3. The number of urea groups is 1. The van der Waals surface area contributed by atoms with Gasteiger partial charge in [-0.2, -0.15) is 0 Å². The van der Waals surface area contributed by atoms with Crippen LogP contribution in [-0.2, 0) is 9.59 Å². The topological polar surface area (TPSA) is 66.5 Å². The maximum atomic E-state index is 13.2. The van der Waals surface area contributed by atoms with Crippen molar-refractivity contribution in [3.63, 3.8) is 0 Å². The van der Waals surface area contributed by atoms with Crippen molar-refractivity contribution in [1.82, 2.24) is 10.2 Å². The fourth-order valence-electron chi connectivity index (χ4n) is 6.31. The molecule has 4 bridgehead atoms. The zero-order chi connectivity index (χ0) is 17.1. The Hall–Kier alpha value is -1.39. The molecule has 5 nitrogen and oxygen atoms in total. The molecule has 1 aliphatic heterocycles. The second-order valence-corrected chi connectivity index (χ2v) is 8.73. The van der Waals surface area contributed by atoms with E-state index in [2.05, 4.69) is 5.32 Å². The van der Waals surface area contributed by atoms with E-state index in [0.29, 0.717) is 30.6 Å². The molecular weight excluding hydrogens is 304 g/mol. The van der Waals surface area contributed by atoms with E-state index < -0.39 is 5.54 Å². The number of amides is 3. The van der Waals surface area contributed by atoms with Crippen molar-refractivity contribution in [1.29, 1.82) is 0 Å². The standard InChI is InChI=1S/C19H28N2O3/c1-3-19(4-2)16(23)21(17(24)20-19)11-15(22)18-8-12-5-13(9-18)7-14(6-12)10-18/h12-14H,3-11H2,1-2H3,(H,20,24). The van der Waals surface area contributed by atoms with Gasteiger partial charge in [0.05, 0.1) is 6.54 Å². The van der Waals surface area contributed by atoms with Crippen LogP contribution in [0.3, 0.4) is 0 Å². The van der Waals surface area contributed by atoms with Crippen molar-refractivity contribution < 1.29 is 14.4 Å². The van der Waals surface area contributed by atoms with Gasteiger partial charge < -0.3 is 5.32 Å². The number of carbonyl (C=O) groups excluding carboxylic acids is 3. The molecule has 5 rings (SSSR count). The number of rotatable bonds is 5. The number of Topliss-reactive ketones (excluding diaryl/α,β-unsaturated/α-hetero) is 1.